The van der Waals surface area contributed by atoms with Crippen molar-refractivity contribution in [3.63, 3.8) is 0 Å². The van der Waals surface area contributed by atoms with Crippen molar-refractivity contribution in [3.05, 3.63) is 12.4 Å². The fourth-order valence-corrected chi connectivity index (χ4v) is 5.30. The first kappa shape index (κ1) is 30.4. The zero-order valence-electron chi connectivity index (χ0n) is 23.3. The summed E-state index contributed by atoms with van der Waals surface area (Å²) >= 11 is 0. The van der Waals surface area contributed by atoms with Crippen molar-refractivity contribution in [1.29, 1.82) is 0 Å². The van der Waals surface area contributed by atoms with Crippen LogP contribution in [0, 0.1) is 0 Å². The second-order valence-corrected chi connectivity index (χ2v) is 10.8. The summed E-state index contributed by atoms with van der Waals surface area (Å²) in [6.45, 7) is 9.45. The highest BCUT2D eigenvalue weighted by Gasteiger charge is 2.24. The molecule has 0 saturated carbocycles. The normalized spacial score (nSPS) is 15.8. The monoisotopic (exact) mass is 462 g/mol. The molecule has 0 fully saturated rings. The molecule has 0 saturated heterocycles. The van der Waals surface area contributed by atoms with Gasteiger partial charge < -0.3 is 9.80 Å². The van der Waals surface area contributed by atoms with Crippen molar-refractivity contribution in [2.75, 3.05) is 13.1 Å². The molecule has 0 N–H and O–H groups in total. The lowest BCUT2D eigenvalue weighted by Crippen LogP contribution is -2.39. The minimum absolute atomic E-state index is 0.644. The van der Waals surface area contributed by atoms with Gasteiger partial charge in [-0.3, -0.25) is 0 Å². The van der Waals surface area contributed by atoms with E-state index in [1.165, 1.54) is 161 Å². The van der Waals surface area contributed by atoms with Gasteiger partial charge in [-0.2, -0.15) is 0 Å². The molecule has 0 aliphatic carbocycles. The minimum atomic E-state index is 0.644. The molecule has 1 unspecified atom stereocenters. The van der Waals surface area contributed by atoms with Gasteiger partial charge in [0.25, 0.3) is 0 Å². The van der Waals surface area contributed by atoms with Crippen molar-refractivity contribution in [3.8, 4) is 0 Å². The fourth-order valence-electron chi connectivity index (χ4n) is 5.30. The predicted molar refractivity (Wildman–Crippen MR) is 150 cm³/mol. The first-order valence-corrected chi connectivity index (χ1v) is 15.5. The number of hydrogen-bond acceptors (Lipinski definition) is 2. The summed E-state index contributed by atoms with van der Waals surface area (Å²) in [5, 5.41) is 0. The highest BCUT2D eigenvalue weighted by atomic mass is 15.4. The minimum Gasteiger partial charge on any atom is -0.356 e. The van der Waals surface area contributed by atoms with Crippen molar-refractivity contribution < 1.29 is 0 Å². The van der Waals surface area contributed by atoms with Crippen LogP contribution >= 0.6 is 0 Å². The van der Waals surface area contributed by atoms with Gasteiger partial charge in [0.05, 0.1) is 0 Å². The largest absolute Gasteiger partial charge is 0.356 e. The lowest BCUT2D eigenvalue weighted by molar-refractivity contribution is 0.135. The molecule has 0 aromatic rings. The molecular formula is C31H62N2. The highest BCUT2D eigenvalue weighted by molar-refractivity contribution is 4.97. The van der Waals surface area contributed by atoms with Crippen molar-refractivity contribution in [1.82, 2.24) is 9.80 Å². The Bertz CT molecular complexity index is 419. The quantitative estimate of drug-likeness (QED) is 0.124. The molecule has 0 bridgehead atoms. The molecule has 1 rings (SSSR count). The van der Waals surface area contributed by atoms with E-state index in [9.17, 15) is 0 Å². The van der Waals surface area contributed by atoms with E-state index in [0.29, 0.717) is 6.17 Å². The van der Waals surface area contributed by atoms with E-state index in [2.05, 4.69) is 43.0 Å². The maximum Gasteiger partial charge on any atom is 0.101 e. The summed E-state index contributed by atoms with van der Waals surface area (Å²) in [6, 6.07) is 0. The molecule has 2 heteroatoms. The summed E-state index contributed by atoms with van der Waals surface area (Å²) in [6.07, 6.45) is 38.0. The molecule has 0 radical (unpaired) electrons. The van der Waals surface area contributed by atoms with Gasteiger partial charge in [0, 0.05) is 25.5 Å². The van der Waals surface area contributed by atoms with E-state index >= 15 is 0 Å². The molecule has 0 spiro atoms. The Balaban J connectivity index is 2.20. The maximum absolute atomic E-state index is 2.69. The van der Waals surface area contributed by atoms with Crippen LogP contribution in [0.4, 0.5) is 0 Å². The lowest BCUT2D eigenvalue weighted by Gasteiger charge is -2.33. The summed E-state index contributed by atoms with van der Waals surface area (Å²) < 4.78 is 0. The standard InChI is InChI=1S/C31H62N2/c1-4-7-10-13-15-16-17-18-20-22-25-28-33-30-29-32(27-24-12-9-6-3)31(33)26-23-21-19-14-11-8-5-2/h29-31H,4-28H2,1-3H3. The van der Waals surface area contributed by atoms with Crippen molar-refractivity contribution >= 4 is 0 Å². The smallest absolute Gasteiger partial charge is 0.101 e. The van der Waals surface area contributed by atoms with Gasteiger partial charge in [-0.25, -0.2) is 0 Å². The zero-order valence-corrected chi connectivity index (χ0v) is 23.3. The Labute approximate surface area is 210 Å². The molecular weight excluding hydrogens is 400 g/mol. The Morgan fingerprint density at radius 2 is 0.697 bits per heavy atom. The Morgan fingerprint density at radius 1 is 0.394 bits per heavy atom. The maximum atomic E-state index is 2.69. The van der Waals surface area contributed by atoms with Crippen LogP contribution in [0.15, 0.2) is 12.4 Å². The average Bonchev–Trinajstić information content (AvgIpc) is 3.21. The summed E-state index contributed by atoms with van der Waals surface area (Å²) in [5.41, 5.74) is 0. The van der Waals surface area contributed by atoms with E-state index < -0.39 is 0 Å². The first-order valence-electron chi connectivity index (χ1n) is 15.5. The third kappa shape index (κ3) is 16.6. The van der Waals surface area contributed by atoms with Gasteiger partial charge in [0.2, 0.25) is 0 Å². The van der Waals surface area contributed by atoms with Crippen LogP contribution in [0.25, 0.3) is 0 Å². The molecule has 1 aliphatic heterocycles. The van der Waals surface area contributed by atoms with Gasteiger partial charge in [0.1, 0.15) is 6.17 Å². The second kappa shape index (κ2) is 23.1. The van der Waals surface area contributed by atoms with Crippen molar-refractivity contribution in [2.45, 2.75) is 175 Å². The van der Waals surface area contributed by atoms with Crippen LogP contribution in [0.3, 0.4) is 0 Å². The van der Waals surface area contributed by atoms with E-state index in [4.69, 9.17) is 0 Å². The molecule has 2 nitrogen and oxygen atoms in total. The molecule has 0 aromatic heterocycles. The Morgan fingerprint density at radius 3 is 1.09 bits per heavy atom. The summed E-state index contributed by atoms with van der Waals surface area (Å²) in [7, 11) is 0. The number of nitrogens with zero attached hydrogens (tertiary/aromatic N) is 2. The van der Waals surface area contributed by atoms with Gasteiger partial charge in [-0.15, -0.1) is 0 Å². The third-order valence-electron chi connectivity index (χ3n) is 7.57. The molecule has 0 amide bonds. The molecule has 1 aliphatic rings. The number of hydrogen-bond donors (Lipinski definition) is 0. The molecule has 1 heterocycles. The molecule has 33 heavy (non-hydrogen) atoms. The zero-order chi connectivity index (χ0) is 23.8. The number of unbranched alkanes of at least 4 members (excludes halogenated alkanes) is 19. The second-order valence-electron chi connectivity index (χ2n) is 10.8. The van der Waals surface area contributed by atoms with Crippen molar-refractivity contribution in [2.24, 2.45) is 0 Å². The third-order valence-corrected chi connectivity index (χ3v) is 7.57. The average molecular weight is 463 g/mol. The van der Waals surface area contributed by atoms with E-state index in [1.54, 1.807) is 0 Å². The SMILES string of the molecule is CCCCCCCCCCCCCN1C=CN(CCCCCC)C1CCCCCCCCC. The molecule has 1 atom stereocenters. The van der Waals surface area contributed by atoms with Gasteiger partial charge >= 0.3 is 0 Å². The van der Waals surface area contributed by atoms with E-state index in [0.717, 1.165) is 0 Å². The molecule has 0 aromatic carbocycles. The summed E-state index contributed by atoms with van der Waals surface area (Å²) in [4.78, 5) is 5.36. The van der Waals surface area contributed by atoms with E-state index in [-0.39, 0.29) is 0 Å². The number of rotatable bonds is 25. The van der Waals surface area contributed by atoms with Crippen LogP contribution in [0.5, 0.6) is 0 Å². The van der Waals surface area contributed by atoms with Crippen LogP contribution < -0.4 is 0 Å². The lowest BCUT2D eigenvalue weighted by atomic mass is 10.1. The van der Waals surface area contributed by atoms with Crippen LogP contribution in [-0.4, -0.2) is 29.1 Å². The fraction of sp³-hybridized carbons (Fsp3) is 0.935. The van der Waals surface area contributed by atoms with Gasteiger partial charge in [0.15, 0.2) is 0 Å². The van der Waals surface area contributed by atoms with Crippen LogP contribution in [-0.2, 0) is 0 Å². The van der Waals surface area contributed by atoms with Crippen LogP contribution in [0.1, 0.15) is 168 Å². The van der Waals surface area contributed by atoms with Gasteiger partial charge in [-0.1, -0.05) is 143 Å². The highest BCUT2D eigenvalue weighted by Crippen LogP contribution is 2.24. The van der Waals surface area contributed by atoms with E-state index in [1.807, 2.05) is 0 Å². The van der Waals surface area contributed by atoms with Crippen LogP contribution in [0.2, 0.25) is 0 Å². The van der Waals surface area contributed by atoms with Gasteiger partial charge in [-0.05, 0) is 25.7 Å². The first-order chi connectivity index (χ1) is 16.3. The predicted octanol–water partition coefficient (Wildman–Crippen LogP) is 10.4. The summed E-state index contributed by atoms with van der Waals surface area (Å²) in [5.74, 6) is 0. The Hall–Kier alpha value is -0.660. The Kier molecular flexibility index (Phi) is 21.3. The molecule has 196 valence electrons. The topological polar surface area (TPSA) is 6.48 Å².